The number of aromatic nitrogens is 1. The first-order valence-corrected chi connectivity index (χ1v) is 7.76. The molecule has 0 aliphatic heterocycles. The third-order valence-electron chi connectivity index (χ3n) is 2.43. The van der Waals surface area contributed by atoms with Crippen LogP contribution in [0.2, 0.25) is 0 Å². The van der Waals surface area contributed by atoms with E-state index in [1.807, 2.05) is 0 Å². The van der Waals surface area contributed by atoms with Crippen molar-refractivity contribution in [3.8, 4) is 0 Å². The number of anilines is 1. The molecule has 1 heterocycles. The number of hydrogen-bond donors (Lipinski definition) is 2. The summed E-state index contributed by atoms with van der Waals surface area (Å²) in [4.78, 5) is 15.8. The van der Waals surface area contributed by atoms with Gasteiger partial charge in [-0.05, 0) is 52.3 Å². The Balaban J connectivity index is 2.14. The molecule has 0 atom stereocenters. The van der Waals surface area contributed by atoms with Gasteiger partial charge in [0.15, 0.2) is 0 Å². The summed E-state index contributed by atoms with van der Waals surface area (Å²) in [6, 6.07) is 8.84. The first kappa shape index (κ1) is 14.6. The topological polar surface area (TPSA) is 102 Å². The molecule has 3 N–H and O–H groups in total. The maximum absolute atomic E-state index is 11.9. The second-order valence-corrected chi connectivity index (χ2v) is 6.27. The van der Waals surface area contributed by atoms with Gasteiger partial charge in [0.2, 0.25) is 10.0 Å². The predicted octanol–water partition coefficient (Wildman–Crippen LogP) is 1.74. The molecule has 0 radical (unpaired) electrons. The van der Waals surface area contributed by atoms with Gasteiger partial charge in [-0.1, -0.05) is 0 Å². The lowest BCUT2D eigenvalue weighted by Gasteiger charge is -2.05. The van der Waals surface area contributed by atoms with Gasteiger partial charge in [-0.15, -0.1) is 0 Å². The molecule has 8 heteroatoms. The SMILES string of the molecule is NS(=O)(=O)c1ccc(NC(=O)c2ccc(Br)nc2)cc1. The average Bonchev–Trinajstić information content (AvgIpc) is 2.39. The zero-order valence-corrected chi connectivity index (χ0v) is 12.5. The molecule has 0 aliphatic carbocycles. The van der Waals surface area contributed by atoms with E-state index in [2.05, 4.69) is 26.2 Å². The molecule has 2 aromatic rings. The van der Waals surface area contributed by atoms with Crippen molar-refractivity contribution in [2.75, 3.05) is 5.32 Å². The highest BCUT2D eigenvalue weighted by Gasteiger charge is 2.09. The summed E-state index contributed by atoms with van der Waals surface area (Å²) in [5.41, 5.74) is 0.856. The fourth-order valence-corrected chi connectivity index (χ4v) is 2.19. The first-order chi connectivity index (χ1) is 9.36. The number of amides is 1. The van der Waals surface area contributed by atoms with E-state index in [0.29, 0.717) is 15.9 Å². The molecule has 0 saturated carbocycles. The Labute approximate surface area is 124 Å². The number of carbonyl (C=O) groups excluding carboxylic acids is 1. The Morgan fingerprint density at radius 1 is 1.15 bits per heavy atom. The maximum Gasteiger partial charge on any atom is 0.257 e. The second kappa shape index (κ2) is 5.70. The molecule has 0 bridgehead atoms. The summed E-state index contributed by atoms with van der Waals surface area (Å²) in [5, 5.41) is 7.61. The van der Waals surface area contributed by atoms with E-state index in [1.165, 1.54) is 30.5 Å². The normalized spacial score (nSPS) is 11.1. The van der Waals surface area contributed by atoms with Crippen LogP contribution in [0.3, 0.4) is 0 Å². The monoisotopic (exact) mass is 355 g/mol. The number of benzene rings is 1. The molecule has 0 aliphatic rings. The number of sulfonamides is 1. The average molecular weight is 356 g/mol. The van der Waals surface area contributed by atoms with Crippen LogP contribution < -0.4 is 10.5 Å². The Kier molecular flexibility index (Phi) is 4.17. The van der Waals surface area contributed by atoms with Crippen LogP contribution in [0, 0.1) is 0 Å². The van der Waals surface area contributed by atoms with Gasteiger partial charge in [0.25, 0.3) is 5.91 Å². The second-order valence-electron chi connectivity index (χ2n) is 3.89. The number of nitrogens with zero attached hydrogens (tertiary/aromatic N) is 1. The molecule has 0 unspecified atom stereocenters. The van der Waals surface area contributed by atoms with Crippen LogP contribution >= 0.6 is 15.9 Å². The fourth-order valence-electron chi connectivity index (χ4n) is 1.44. The quantitative estimate of drug-likeness (QED) is 0.818. The number of nitrogens with one attached hydrogen (secondary N) is 1. The van der Waals surface area contributed by atoms with Crippen molar-refractivity contribution >= 4 is 37.5 Å². The Morgan fingerprint density at radius 3 is 2.30 bits per heavy atom. The van der Waals surface area contributed by atoms with E-state index < -0.39 is 10.0 Å². The number of rotatable bonds is 3. The molecule has 104 valence electrons. The number of carbonyl (C=O) groups is 1. The van der Waals surface area contributed by atoms with Crippen molar-refractivity contribution in [2.45, 2.75) is 4.90 Å². The van der Waals surface area contributed by atoms with E-state index in [4.69, 9.17) is 5.14 Å². The highest BCUT2D eigenvalue weighted by molar-refractivity contribution is 9.10. The molecule has 1 amide bonds. The number of nitrogens with two attached hydrogens (primary N) is 1. The minimum absolute atomic E-state index is 0.0131. The van der Waals surface area contributed by atoms with Gasteiger partial charge in [0.05, 0.1) is 10.5 Å². The third kappa shape index (κ3) is 3.62. The third-order valence-corrected chi connectivity index (χ3v) is 3.83. The summed E-state index contributed by atoms with van der Waals surface area (Å²) in [6.45, 7) is 0. The smallest absolute Gasteiger partial charge is 0.257 e. The first-order valence-electron chi connectivity index (χ1n) is 5.42. The Morgan fingerprint density at radius 2 is 1.80 bits per heavy atom. The van der Waals surface area contributed by atoms with Gasteiger partial charge >= 0.3 is 0 Å². The molecule has 1 aromatic carbocycles. The van der Waals surface area contributed by atoms with Gasteiger partial charge in [0, 0.05) is 11.9 Å². The molecule has 6 nitrogen and oxygen atoms in total. The van der Waals surface area contributed by atoms with Crippen LogP contribution in [-0.4, -0.2) is 19.3 Å². The van der Waals surface area contributed by atoms with Crippen LogP contribution in [0.1, 0.15) is 10.4 Å². The largest absolute Gasteiger partial charge is 0.322 e. The standard InChI is InChI=1S/C12H10BrN3O3S/c13-11-6-1-8(7-15-11)12(17)16-9-2-4-10(5-3-9)20(14,18)19/h1-7H,(H,16,17)(H2,14,18,19). The number of primary sulfonamides is 1. The van der Waals surface area contributed by atoms with Crippen molar-refractivity contribution in [1.82, 2.24) is 4.98 Å². The van der Waals surface area contributed by atoms with Crippen molar-refractivity contribution in [3.63, 3.8) is 0 Å². The molecule has 20 heavy (non-hydrogen) atoms. The highest BCUT2D eigenvalue weighted by atomic mass is 79.9. The van der Waals surface area contributed by atoms with Crippen LogP contribution in [0.25, 0.3) is 0 Å². The predicted molar refractivity (Wildman–Crippen MR) is 77.7 cm³/mol. The van der Waals surface area contributed by atoms with Crippen molar-refractivity contribution in [2.24, 2.45) is 5.14 Å². The molecule has 1 aromatic heterocycles. The van der Waals surface area contributed by atoms with Crippen LogP contribution in [0.5, 0.6) is 0 Å². The van der Waals surface area contributed by atoms with Crippen LogP contribution in [0.4, 0.5) is 5.69 Å². The van der Waals surface area contributed by atoms with Gasteiger partial charge in [-0.2, -0.15) is 0 Å². The zero-order chi connectivity index (χ0) is 14.8. The maximum atomic E-state index is 11.9. The zero-order valence-electron chi connectivity index (χ0n) is 10.1. The van der Waals surface area contributed by atoms with Crippen molar-refractivity contribution in [1.29, 1.82) is 0 Å². The van der Waals surface area contributed by atoms with E-state index in [0.717, 1.165) is 0 Å². The van der Waals surface area contributed by atoms with Gasteiger partial charge < -0.3 is 5.32 Å². The number of pyridine rings is 1. The number of hydrogen-bond acceptors (Lipinski definition) is 4. The minimum atomic E-state index is -3.73. The summed E-state index contributed by atoms with van der Waals surface area (Å²) in [6.07, 6.45) is 1.43. The van der Waals surface area contributed by atoms with Gasteiger partial charge in [-0.25, -0.2) is 18.5 Å². The van der Waals surface area contributed by atoms with E-state index >= 15 is 0 Å². The lowest BCUT2D eigenvalue weighted by molar-refractivity contribution is 0.102. The molecular weight excluding hydrogens is 346 g/mol. The van der Waals surface area contributed by atoms with Gasteiger partial charge in [0.1, 0.15) is 4.60 Å². The van der Waals surface area contributed by atoms with Crippen LogP contribution in [-0.2, 0) is 10.0 Å². The molecule has 0 fully saturated rings. The fraction of sp³-hybridized carbons (Fsp3) is 0. The van der Waals surface area contributed by atoms with E-state index in [9.17, 15) is 13.2 Å². The Hall–Kier alpha value is -1.77. The molecule has 2 rings (SSSR count). The summed E-state index contributed by atoms with van der Waals surface area (Å²) in [5.74, 6) is -0.339. The van der Waals surface area contributed by atoms with E-state index in [-0.39, 0.29) is 10.8 Å². The minimum Gasteiger partial charge on any atom is -0.322 e. The lowest BCUT2D eigenvalue weighted by atomic mass is 10.2. The van der Waals surface area contributed by atoms with Crippen LogP contribution in [0.15, 0.2) is 52.1 Å². The molecule has 0 saturated heterocycles. The summed E-state index contributed by atoms with van der Waals surface area (Å²) < 4.78 is 22.8. The van der Waals surface area contributed by atoms with Crippen molar-refractivity contribution < 1.29 is 13.2 Å². The molecular formula is C12H10BrN3O3S. The summed E-state index contributed by atoms with van der Waals surface area (Å²) >= 11 is 3.18. The molecule has 0 spiro atoms. The summed E-state index contributed by atoms with van der Waals surface area (Å²) in [7, 11) is -3.73. The highest BCUT2D eigenvalue weighted by Crippen LogP contribution is 2.14. The van der Waals surface area contributed by atoms with E-state index in [1.54, 1.807) is 12.1 Å². The Bertz CT molecular complexity index is 728. The van der Waals surface area contributed by atoms with Crippen molar-refractivity contribution in [3.05, 3.63) is 52.8 Å². The number of halogens is 1. The van der Waals surface area contributed by atoms with Gasteiger partial charge in [-0.3, -0.25) is 4.79 Å². The lowest BCUT2D eigenvalue weighted by Crippen LogP contribution is -2.14.